The molecule has 3 rings (SSSR count). The largest absolute Gasteiger partial charge is 0.341 e. The lowest BCUT2D eigenvalue weighted by atomic mass is 9.97. The molecule has 3 N–H and O–H groups in total. The number of hydrogen-bond acceptors (Lipinski definition) is 4. The first-order chi connectivity index (χ1) is 10.2. The zero-order chi connectivity index (χ0) is 14.8. The molecular formula is C14H14N4O3. The Kier molecular flexibility index (Phi) is 3.41. The third-order valence-corrected chi connectivity index (χ3v) is 3.60. The summed E-state index contributed by atoms with van der Waals surface area (Å²) in [6, 6.07) is 5.22. The van der Waals surface area contributed by atoms with Gasteiger partial charge in [0.05, 0.1) is 12.5 Å². The van der Waals surface area contributed by atoms with Crippen molar-refractivity contribution in [1.82, 2.24) is 20.3 Å². The van der Waals surface area contributed by atoms with Crippen molar-refractivity contribution in [1.29, 1.82) is 0 Å². The molecule has 0 saturated heterocycles. The third kappa shape index (κ3) is 2.50. The smallest absolute Gasteiger partial charge is 0.274 e. The molecular weight excluding hydrogens is 272 g/mol. The number of H-pyrrole nitrogens is 1. The van der Waals surface area contributed by atoms with Crippen LogP contribution in [0.1, 0.15) is 32.0 Å². The standard InChI is InChI=1S/C14H14N4O3/c19-13(17-21)10-2-1-9-3-4-18(7-11(9)5-10)14(20)12-6-15-8-16-12/h1-2,5-6,8,21H,3-4,7H2,(H,15,16)(H,17,19). The van der Waals surface area contributed by atoms with E-state index in [1.807, 2.05) is 6.07 Å². The summed E-state index contributed by atoms with van der Waals surface area (Å²) >= 11 is 0. The van der Waals surface area contributed by atoms with Gasteiger partial charge in [-0.25, -0.2) is 10.5 Å². The van der Waals surface area contributed by atoms with E-state index >= 15 is 0 Å². The lowest BCUT2D eigenvalue weighted by Crippen LogP contribution is -2.36. The van der Waals surface area contributed by atoms with Crippen LogP contribution in [0.15, 0.2) is 30.7 Å². The lowest BCUT2D eigenvalue weighted by molar-refractivity contribution is 0.0706. The monoisotopic (exact) mass is 286 g/mol. The molecule has 7 heteroatoms. The first-order valence-corrected chi connectivity index (χ1v) is 6.53. The molecule has 0 unspecified atom stereocenters. The van der Waals surface area contributed by atoms with Crippen LogP contribution in [0.5, 0.6) is 0 Å². The number of rotatable bonds is 2. The molecule has 1 aromatic carbocycles. The average molecular weight is 286 g/mol. The first-order valence-electron chi connectivity index (χ1n) is 6.53. The van der Waals surface area contributed by atoms with Crippen molar-refractivity contribution < 1.29 is 14.8 Å². The van der Waals surface area contributed by atoms with E-state index in [4.69, 9.17) is 5.21 Å². The summed E-state index contributed by atoms with van der Waals surface area (Å²) < 4.78 is 0. The molecule has 7 nitrogen and oxygen atoms in total. The molecule has 108 valence electrons. The van der Waals surface area contributed by atoms with Crippen LogP contribution in [0.25, 0.3) is 0 Å². The maximum absolute atomic E-state index is 12.3. The van der Waals surface area contributed by atoms with E-state index in [1.165, 1.54) is 12.5 Å². The van der Waals surface area contributed by atoms with Crippen molar-refractivity contribution in [3.8, 4) is 0 Å². The third-order valence-electron chi connectivity index (χ3n) is 3.60. The van der Waals surface area contributed by atoms with Gasteiger partial charge in [0.2, 0.25) is 0 Å². The number of aromatic nitrogens is 2. The van der Waals surface area contributed by atoms with Crippen LogP contribution in [0.2, 0.25) is 0 Å². The van der Waals surface area contributed by atoms with E-state index in [0.717, 1.165) is 17.5 Å². The normalized spacial score (nSPS) is 13.7. The molecule has 0 saturated carbocycles. The van der Waals surface area contributed by atoms with Crippen molar-refractivity contribution >= 4 is 11.8 Å². The Labute approximate surface area is 120 Å². The molecule has 2 heterocycles. The summed E-state index contributed by atoms with van der Waals surface area (Å²) in [5.74, 6) is -0.676. The summed E-state index contributed by atoms with van der Waals surface area (Å²) in [4.78, 5) is 32.1. The Morgan fingerprint density at radius 2 is 2.19 bits per heavy atom. The number of nitrogens with zero attached hydrogens (tertiary/aromatic N) is 2. The van der Waals surface area contributed by atoms with Gasteiger partial charge in [-0.05, 0) is 29.7 Å². The SMILES string of the molecule is O=C(NO)c1ccc2c(c1)CN(C(=O)c1cnc[nH]1)CC2. The van der Waals surface area contributed by atoms with Crippen LogP contribution in [0.4, 0.5) is 0 Å². The summed E-state index contributed by atoms with van der Waals surface area (Å²) in [6.45, 7) is 1.05. The highest BCUT2D eigenvalue weighted by molar-refractivity contribution is 5.94. The first kappa shape index (κ1) is 13.3. The maximum Gasteiger partial charge on any atom is 0.274 e. The van der Waals surface area contributed by atoms with E-state index in [2.05, 4.69) is 9.97 Å². The number of hydrogen-bond donors (Lipinski definition) is 3. The Bertz CT molecular complexity index is 682. The molecule has 0 aliphatic carbocycles. The molecule has 21 heavy (non-hydrogen) atoms. The number of benzene rings is 1. The zero-order valence-corrected chi connectivity index (χ0v) is 11.2. The minimum absolute atomic E-state index is 0.116. The molecule has 1 aromatic heterocycles. The number of amides is 2. The van der Waals surface area contributed by atoms with Crippen molar-refractivity contribution in [2.45, 2.75) is 13.0 Å². The van der Waals surface area contributed by atoms with Crippen molar-refractivity contribution in [3.63, 3.8) is 0 Å². The summed E-state index contributed by atoms with van der Waals surface area (Å²) in [6.07, 6.45) is 3.69. The van der Waals surface area contributed by atoms with Gasteiger partial charge in [-0.3, -0.25) is 14.8 Å². The second kappa shape index (κ2) is 5.37. The highest BCUT2D eigenvalue weighted by Gasteiger charge is 2.23. The van der Waals surface area contributed by atoms with E-state index < -0.39 is 5.91 Å². The fourth-order valence-electron chi connectivity index (χ4n) is 2.48. The number of imidazole rings is 1. The van der Waals surface area contributed by atoms with Crippen molar-refractivity contribution in [3.05, 3.63) is 53.1 Å². The van der Waals surface area contributed by atoms with Gasteiger partial charge in [0, 0.05) is 18.7 Å². The van der Waals surface area contributed by atoms with E-state index in [1.54, 1.807) is 22.5 Å². The van der Waals surface area contributed by atoms with Gasteiger partial charge in [0.25, 0.3) is 11.8 Å². The Morgan fingerprint density at radius 1 is 1.33 bits per heavy atom. The fourth-order valence-corrected chi connectivity index (χ4v) is 2.48. The number of hydroxylamine groups is 1. The van der Waals surface area contributed by atoms with Gasteiger partial charge in [-0.1, -0.05) is 6.07 Å². The topological polar surface area (TPSA) is 98.3 Å². The second-order valence-electron chi connectivity index (χ2n) is 4.87. The average Bonchev–Trinajstić information content (AvgIpc) is 3.06. The van der Waals surface area contributed by atoms with Gasteiger partial charge < -0.3 is 9.88 Å². The minimum atomic E-state index is -0.560. The Morgan fingerprint density at radius 3 is 2.90 bits per heavy atom. The van der Waals surface area contributed by atoms with E-state index in [9.17, 15) is 9.59 Å². The van der Waals surface area contributed by atoms with Crippen molar-refractivity contribution in [2.75, 3.05) is 6.54 Å². The molecule has 2 amide bonds. The predicted octanol–water partition coefficient (Wildman–Crippen LogP) is 0.727. The van der Waals surface area contributed by atoms with E-state index in [-0.39, 0.29) is 5.91 Å². The van der Waals surface area contributed by atoms with Gasteiger partial charge in [0.1, 0.15) is 5.69 Å². The van der Waals surface area contributed by atoms with Gasteiger partial charge in [-0.2, -0.15) is 0 Å². The molecule has 0 fully saturated rings. The lowest BCUT2D eigenvalue weighted by Gasteiger charge is -2.28. The Balaban J connectivity index is 1.84. The zero-order valence-electron chi connectivity index (χ0n) is 11.2. The van der Waals surface area contributed by atoms with Crippen LogP contribution < -0.4 is 5.48 Å². The van der Waals surface area contributed by atoms with Gasteiger partial charge in [-0.15, -0.1) is 0 Å². The van der Waals surface area contributed by atoms with Crippen LogP contribution in [-0.4, -0.2) is 38.4 Å². The molecule has 0 atom stereocenters. The minimum Gasteiger partial charge on any atom is -0.341 e. The fraction of sp³-hybridized carbons (Fsp3) is 0.214. The molecule has 0 spiro atoms. The van der Waals surface area contributed by atoms with Crippen LogP contribution in [0.3, 0.4) is 0 Å². The van der Waals surface area contributed by atoms with Crippen molar-refractivity contribution in [2.24, 2.45) is 0 Å². The maximum atomic E-state index is 12.3. The number of fused-ring (bicyclic) bond motifs is 1. The summed E-state index contributed by atoms with van der Waals surface area (Å²) in [5, 5.41) is 8.68. The molecule has 1 aliphatic heterocycles. The molecule has 0 radical (unpaired) electrons. The van der Waals surface area contributed by atoms with Crippen LogP contribution in [0, 0.1) is 0 Å². The number of nitrogens with one attached hydrogen (secondary N) is 2. The second-order valence-corrected chi connectivity index (χ2v) is 4.87. The number of carbonyl (C=O) groups excluding carboxylic acids is 2. The highest BCUT2D eigenvalue weighted by Crippen LogP contribution is 2.21. The number of aromatic amines is 1. The van der Waals surface area contributed by atoms with Crippen LogP contribution in [-0.2, 0) is 13.0 Å². The molecule has 1 aliphatic rings. The summed E-state index contributed by atoms with van der Waals surface area (Å²) in [5.41, 5.74) is 4.45. The molecule has 2 aromatic rings. The van der Waals surface area contributed by atoms with Gasteiger partial charge in [0.15, 0.2) is 0 Å². The highest BCUT2D eigenvalue weighted by atomic mass is 16.5. The Hall–Kier alpha value is -2.67. The predicted molar refractivity (Wildman–Crippen MR) is 72.7 cm³/mol. The quantitative estimate of drug-likeness (QED) is 0.560. The van der Waals surface area contributed by atoms with E-state index in [0.29, 0.717) is 24.3 Å². The van der Waals surface area contributed by atoms with Gasteiger partial charge >= 0.3 is 0 Å². The molecule has 0 bridgehead atoms. The summed E-state index contributed by atoms with van der Waals surface area (Å²) in [7, 11) is 0. The number of carbonyl (C=O) groups is 2. The van der Waals surface area contributed by atoms with Crippen LogP contribution >= 0.6 is 0 Å².